The number of aryl methyl sites for hydroxylation is 1. The third-order valence-electron chi connectivity index (χ3n) is 4.97. The van der Waals surface area contributed by atoms with Gasteiger partial charge in [0.1, 0.15) is 11.5 Å². The minimum absolute atomic E-state index is 0.0451. The summed E-state index contributed by atoms with van der Waals surface area (Å²) in [6, 6.07) is 19.6. The van der Waals surface area contributed by atoms with Crippen molar-refractivity contribution in [1.29, 1.82) is 0 Å². The Morgan fingerprint density at radius 2 is 1.88 bits per heavy atom. The molecule has 0 saturated carbocycles. The van der Waals surface area contributed by atoms with E-state index >= 15 is 0 Å². The molecule has 2 heterocycles. The van der Waals surface area contributed by atoms with Gasteiger partial charge in [-0.2, -0.15) is 0 Å². The number of aromatic nitrogens is 3. The molecule has 7 nitrogen and oxygen atoms in total. The predicted molar refractivity (Wildman–Crippen MR) is 124 cm³/mol. The van der Waals surface area contributed by atoms with Crippen LogP contribution in [-0.4, -0.2) is 40.1 Å². The van der Waals surface area contributed by atoms with Crippen LogP contribution in [0.25, 0.3) is 17.1 Å². The molecule has 8 heteroatoms. The van der Waals surface area contributed by atoms with E-state index < -0.39 is 0 Å². The van der Waals surface area contributed by atoms with Gasteiger partial charge in [-0.15, -0.1) is 10.2 Å². The minimum atomic E-state index is -0.0451. The Balaban J connectivity index is 1.48. The lowest BCUT2D eigenvalue weighted by atomic mass is 10.1. The number of nitrogens with zero attached hydrogens (tertiary/aromatic N) is 3. The molecule has 164 valence electrons. The normalized spacial score (nSPS) is 10.8. The van der Waals surface area contributed by atoms with Gasteiger partial charge >= 0.3 is 0 Å². The van der Waals surface area contributed by atoms with Crippen molar-refractivity contribution in [2.75, 3.05) is 19.4 Å². The van der Waals surface area contributed by atoms with Gasteiger partial charge in [-0.1, -0.05) is 42.1 Å². The van der Waals surface area contributed by atoms with Gasteiger partial charge in [0.2, 0.25) is 5.91 Å². The molecule has 0 atom stereocenters. The van der Waals surface area contributed by atoms with Crippen molar-refractivity contribution in [1.82, 2.24) is 20.1 Å². The zero-order valence-corrected chi connectivity index (χ0v) is 18.8. The molecule has 4 rings (SSSR count). The molecule has 0 bridgehead atoms. The van der Waals surface area contributed by atoms with Crippen molar-refractivity contribution >= 4 is 17.7 Å². The summed E-state index contributed by atoms with van der Waals surface area (Å²) in [6.45, 7) is 2.48. The smallest absolute Gasteiger partial charge is 0.230 e. The number of methoxy groups -OCH3 is 1. The number of nitrogens with one attached hydrogen (secondary N) is 1. The van der Waals surface area contributed by atoms with Crippen LogP contribution in [0.1, 0.15) is 11.3 Å². The second kappa shape index (κ2) is 10.2. The first kappa shape index (κ1) is 21.7. The van der Waals surface area contributed by atoms with E-state index in [-0.39, 0.29) is 11.7 Å². The van der Waals surface area contributed by atoms with Gasteiger partial charge in [0.25, 0.3) is 0 Å². The van der Waals surface area contributed by atoms with Crippen LogP contribution in [0.4, 0.5) is 0 Å². The SMILES string of the molecule is COc1ccc(-n2c(SCC(=O)NCCc3ccccc3)nnc2-c2ccoc2C)cc1. The van der Waals surface area contributed by atoms with Gasteiger partial charge < -0.3 is 14.5 Å². The highest BCUT2D eigenvalue weighted by molar-refractivity contribution is 7.99. The molecule has 4 aromatic rings. The van der Waals surface area contributed by atoms with E-state index in [0.29, 0.717) is 17.5 Å². The fraction of sp³-hybridized carbons (Fsp3) is 0.208. The van der Waals surface area contributed by atoms with Gasteiger partial charge in [0.05, 0.1) is 30.4 Å². The Kier molecular flexibility index (Phi) is 6.91. The molecular formula is C24H24N4O3S. The highest BCUT2D eigenvalue weighted by Gasteiger charge is 2.19. The van der Waals surface area contributed by atoms with Crippen LogP contribution in [0.3, 0.4) is 0 Å². The molecular weight excluding hydrogens is 424 g/mol. The summed E-state index contributed by atoms with van der Waals surface area (Å²) in [5.41, 5.74) is 2.92. The maximum Gasteiger partial charge on any atom is 0.230 e. The molecule has 2 aromatic carbocycles. The summed E-state index contributed by atoms with van der Waals surface area (Å²) in [5, 5.41) is 12.3. The third kappa shape index (κ3) is 5.03. The summed E-state index contributed by atoms with van der Waals surface area (Å²) < 4.78 is 12.7. The maximum atomic E-state index is 12.4. The van der Waals surface area contributed by atoms with Gasteiger partial charge in [-0.25, -0.2) is 0 Å². The van der Waals surface area contributed by atoms with Gasteiger partial charge in [0, 0.05) is 6.54 Å². The standard InChI is InChI=1S/C24H24N4O3S/c1-17-21(13-15-31-17)23-26-27-24(28(23)19-8-10-20(30-2)11-9-19)32-16-22(29)25-14-12-18-6-4-3-5-7-18/h3-11,13,15H,12,14,16H2,1-2H3,(H,25,29). The highest BCUT2D eigenvalue weighted by atomic mass is 32.2. The summed E-state index contributed by atoms with van der Waals surface area (Å²) in [5.74, 6) is 2.37. The molecule has 0 spiro atoms. The van der Waals surface area contributed by atoms with E-state index in [0.717, 1.165) is 29.2 Å². The largest absolute Gasteiger partial charge is 0.497 e. The Morgan fingerprint density at radius 3 is 2.56 bits per heavy atom. The number of rotatable bonds is 9. The van der Waals surface area contributed by atoms with E-state index in [4.69, 9.17) is 9.15 Å². The van der Waals surface area contributed by atoms with Crippen LogP contribution in [-0.2, 0) is 11.2 Å². The highest BCUT2D eigenvalue weighted by Crippen LogP contribution is 2.30. The Labute approximate surface area is 190 Å². The average Bonchev–Trinajstić information content (AvgIpc) is 3.44. The van der Waals surface area contributed by atoms with Crippen molar-refractivity contribution in [3.8, 4) is 22.8 Å². The minimum Gasteiger partial charge on any atom is -0.497 e. The average molecular weight is 449 g/mol. The number of hydrogen-bond acceptors (Lipinski definition) is 6. The monoisotopic (exact) mass is 448 g/mol. The predicted octanol–water partition coefficient (Wildman–Crippen LogP) is 4.30. The number of carbonyl (C=O) groups excluding carboxylic acids is 1. The van der Waals surface area contributed by atoms with Crippen molar-refractivity contribution in [3.63, 3.8) is 0 Å². The van der Waals surface area contributed by atoms with E-state index in [1.54, 1.807) is 13.4 Å². The first-order chi connectivity index (χ1) is 15.7. The van der Waals surface area contributed by atoms with E-state index in [1.165, 1.54) is 17.3 Å². The summed E-state index contributed by atoms with van der Waals surface area (Å²) in [6.07, 6.45) is 2.42. The Hall–Kier alpha value is -3.52. The molecule has 0 unspecified atom stereocenters. The number of furan rings is 1. The molecule has 1 N–H and O–H groups in total. The van der Waals surface area contributed by atoms with Crippen molar-refractivity contribution < 1.29 is 13.9 Å². The van der Waals surface area contributed by atoms with Crippen LogP contribution in [0.5, 0.6) is 5.75 Å². The lowest BCUT2D eigenvalue weighted by molar-refractivity contribution is -0.118. The molecule has 0 fully saturated rings. The topological polar surface area (TPSA) is 82.2 Å². The van der Waals surface area contributed by atoms with E-state index in [9.17, 15) is 4.79 Å². The molecule has 32 heavy (non-hydrogen) atoms. The zero-order valence-electron chi connectivity index (χ0n) is 17.9. The van der Waals surface area contributed by atoms with E-state index in [2.05, 4.69) is 27.6 Å². The molecule has 0 aliphatic rings. The molecule has 0 aliphatic carbocycles. The first-order valence-electron chi connectivity index (χ1n) is 10.2. The number of amides is 1. The van der Waals surface area contributed by atoms with Crippen LogP contribution in [0, 0.1) is 6.92 Å². The molecule has 0 radical (unpaired) electrons. The Bertz CT molecular complexity index is 1170. The number of carbonyl (C=O) groups is 1. The zero-order chi connectivity index (χ0) is 22.3. The second-order valence-corrected chi connectivity index (χ2v) is 8.05. The van der Waals surface area contributed by atoms with Crippen LogP contribution >= 0.6 is 11.8 Å². The quantitative estimate of drug-likeness (QED) is 0.385. The number of benzene rings is 2. The first-order valence-corrected chi connectivity index (χ1v) is 11.2. The molecule has 2 aromatic heterocycles. The Morgan fingerprint density at radius 1 is 1.09 bits per heavy atom. The fourth-order valence-electron chi connectivity index (χ4n) is 3.29. The van der Waals surface area contributed by atoms with Crippen LogP contribution < -0.4 is 10.1 Å². The molecule has 1 amide bonds. The van der Waals surface area contributed by atoms with Gasteiger partial charge in [0.15, 0.2) is 11.0 Å². The van der Waals surface area contributed by atoms with Crippen LogP contribution in [0.15, 0.2) is 76.5 Å². The second-order valence-electron chi connectivity index (χ2n) is 7.10. The van der Waals surface area contributed by atoms with E-state index in [1.807, 2.05) is 60.0 Å². The van der Waals surface area contributed by atoms with Crippen molar-refractivity contribution in [2.24, 2.45) is 0 Å². The van der Waals surface area contributed by atoms with Crippen LogP contribution in [0.2, 0.25) is 0 Å². The van der Waals surface area contributed by atoms with Gasteiger partial charge in [-0.05, 0) is 49.2 Å². The number of thioether (sulfide) groups is 1. The maximum absolute atomic E-state index is 12.4. The third-order valence-corrected chi connectivity index (χ3v) is 5.90. The van der Waals surface area contributed by atoms with Crippen molar-refractivity contribution in [2.45, 2.75) is 18.5 Å². The summed E-state index contributed by atoms with van der Waals surface area (Å²) in [7, 11) is 1.63. The number of ether oxygens (including phenoxy) is 1. The van der Waals surface area contributed by atoms with Gasteiger partial charge in [-0.3, -0.25) is 9.36 Å². The molecule has 0 aliphatic heterocycles. The molecule has 0 saturated heterocycles. The van der Waals surface area contributed by atoms with Crippen molar-refractivity contribution in [3.05, 3.63) is 78.3 Å². The summed E-state index contributed by atoms with van der Waals surface area (Å²) in [4.78, 5) is 12.4. The lowest BCUT2D eigenvalue weighted by Crippen LogP contribution is -2.27. The fourth-order valence-corrected chi connectivity index (χ4v) is 4.07. The number of hydrogen-bond donors (Lipinski definition) is 1. The summed E-state index contributed by atoms with van der Waals surface area (Å²) >= 11 is 1.35. The lowest BCUT2D eigenvalue weighted by Gasteiger charge is -2.11.